The van der Waals surface area contributed by atoms with Crippen molar-refractivity contribution in [2.24, 2.45) is 0 Å². The third-order valence-electron chi connectivity index (χ3n) is 1.07. The van der Waals surface area contributed by atoms with Crippen molar-refractivity contribution in [1.82, 2.24) is 0 Å². The fourth-order valence-corrected chi connectivity index (χ4v) is 1.70. The van der Waals surface area contributed by atoms with Gasteiger partial charge in [0.05, 0.1) is 0 Å². The van der Waals surface area contributed by atoms with Gasteiger partial charge in [-0.2, -0.15) is 11.1 Å². The van der Waals surface area contributed by atoms with E-state index in [2.05, 4.69) is 13.1 Å². The van der Waals surface area contributed by atoms with Gasteiger partial charge in [0.25, 0.3) is 0 Å². The molecule has 0 aromatic carbocycles. The van der Waals surface area contributed by atoms with Crippen LogP contribution in [-0.4, -0.2) is 13.2 Å². The third kappa shape index (κ3) is 8.18. The Morgan fingerprint density at radius 2 is 2.00 bits per heavy atom. The van der Waals surface area contributed by atoms with Crippen molar-refractivity contribution < 1.29 is 4.79 Å². The largest absolute Gasteiger partial charge is 0.300 e. The molecule has 0 N–H and O–H groups in total. The average molecular weight is 165 g/mol. The summed E-state index contributed by atoms with van der Waals surface area (Å²) in [5, 5.41) is 0. The monoisotopic (exact) mass is 164 g/mol. The first-order chi connectivity index (χ1) is 3.92. The van der Waals surface area contributed by atoms with Gasteiger partial charge in [-0.05, 0) is 13.0 Å². The number of ketones is 1. The molecule has 0 heterocycles. The van der Waals surface area contributed by atoms with Crippen LogP contribution in [0.25, 0.3) is 0 Å². The van der Waals surface area contributed by atoms with Crippen LogP contribution in [0.1, 0.15) is 13.3 Å². The van der Waals surface area contributed by atoms with Crippen molar-refractivity contribution in [1.29, 1.82) is 0 Å². The summed E-state index contributed by atoms with van der Waals surface area (Å²) < 4.78 is 0. The Morgan fingerprint density at radius 1 is 1.56 bits per heavy atom. The predicted molar refractivity (Wildman–Crippen MR) is 43.4 cm³/mol. The zero-order chi connectivity index (χ0) is 7.49. The highest BCUT2D eigenvalue weighted by atomic mass is 35.6. The van der Waals surface area contributed by atoms with Crippen molar-refractivity contribution in [3.8, 4) is 0 Å². The summed E-state index contributed by atoms with van der Waals surface area (Å²) in [5.74, 6) is 0.247. The lowest BCUT2D eigenvalue weighted by Crippen LogP contribution is -2.16. The van der Waals surface area contributed by atoms with Crippen molar-refractivity contribution in [2.45, 2.75) is 32.5 Å². The van der Waals surface area contributed by atoms with E-state index in [-0.39, 0.29) is 5.78 Å². The summed E-state index contributed by atoms with van der Waals surface area (Å²) in [6.45, 7) is 5.71. The van der Waals surface area contributed by atoms with E-state index in [0.29, 0.717) is 6.42 Å². The molecule has 0 saturated heterocycles. The molecule has 0 aliphatic rings. The molecule has 54 valence electrons. The van der Waals surface area contributed by atoms with Gasteiger partial charge in [-0.1, -0.05) is 13.1 Å². The topological polar surface area (TPSA) is 17.1 Å². The highest BCUT2D eigenvalue weighted by Gasteiger charge is 2.16. The van der Waals surface area contributed by atoms with E-state index in [9.17, 15) is 4.79 Å². The Morgan fingerprint density at radius 3 is 2.11 bits per heavy atom. The summed E-state index contributed by atoms with van der Waals surface area (Å²) in [7, 11) is -1.47. The van der Waals surface area contributed by atoms with Crippen LogP contribution in [0.4, 0.5) is 0 Å². The molecule has 0 spiro atoms. The number of hydrogen-bond donors (Lipinski definition) is 0. The molecule has 1 nitrogen and oxygen atoms in total. The Bertz CT molecular complexity index is 106. The van der Waals surface area contributed by atoms with Crippen LogP contribution in [0, 0.1) is 0 Å². The zero-order valence-electron chi connectivity index (χ0n) is 6.20. The van der Waals surface area contributed by atoms with E-state index >= 15 is 0 Å². The zero-order valence-corrected chi connectivity index (χ0v) is 7.96. The maximum absolute atomic E-state index is 10.5. The molecule has 0 saturated carbocycles. The van der Waals surface area contributed by atoms with Crippen LogP contribution in [0.15, 0.2) is 0 Å². The van der Waals surface area contributed by atoms with Crippen molar-refractivity contribution in [3.63, 3.8) is 0 Å². The molecule has 3 heteroatoms. The lowest BCUT2D eigenvalue weighted by molar-refractivity contribution is -0.116. The fraction of sp³-hybridized carbons (Fsp3) is 0.833. The molecular formula is C6H13ClOSi. The number of rotatable bonds is 3. The van der Waals surface area contributed by atoms with E-state index in [1.54, 1.807) is 6.92 Å². The van der Waals surface area contributed by atoms with Gasteiger partial charge >= 0.3 is 0 Å². The van der Waals surface area contributed by atoms with Gasteiger partial charge in [0.1, 0.15) is 5.78 Å². The molecule has 0 aromatic rings. The van der Waals surface area contributed by atoms with Crippen molar-refractivity contribution in [3.05, 3.63) is 0 Å². The molecule has 0 aromatic heterocycles. The maximum Gasteiger partial charge on any atom is 0.150 e. The Balaban J connectivity index is 3.39. The molecule has 0 aliphatic carbocycles. The maximum atomic E-state index is 10.5. The fourth-order valence-electron chi connectivity index (χ4n) is 0.473. The summed E-state index contributed by atoms with van der Waals surface area (Å²) in [5.41, 5.74) is 0. The minimum Gasteiger partial charge on any atom is -0.300 e. The van der Waals surface area contributed by atoms with E-state index < -0.39 is 7.38 Å². The molecule has 0 atom stereocenters. The first-order valence-corrected chi connectivity index (χ1v) is 7.32. The number of Topliss-reactive ketones (excluding diaryl/α,β-unsaturated/α-hetero) is 1. The van der Waals surface area contributed by atoms with Crippen LogP contribution in [-0.2, 0) is 4.79 Å². The highest BCUT2D eigenvalue weighted by molar-refractivity contribution is 7.19. The lowest BCUT2D eigenvalue weighted by atomic mass is 10.4. The summed E-state index contributed by atoms with van der Waals surface area (Å²) in [6.07, 6.45) is 0.655. The molecule has 0 fully saturated rings. The van der Waals surface area contributed by atoms with Crippen LogP contribution >= 0.6 is 11.1 Å². The van der Waals surface area contributed by atoms with Crippen LogP contribution < -0.4 is 0 Å². The van der Waals surface area contributed by atoms with Crippen molar-refractivity contribution in [2.75, 3.05) is 0 Å². The molecule has 0 amide bonds. The number of carbonyl (C=O) groups is 1. The Labute approximate surface area is 62.1 Å². The lowest BCUT2D eigenvalue weighted by Gasteiger charge is -2.09. The second-order valence-electron chi connectivity index (χ2n) is 2.92. The minimum absolute atomic E-state index is 0.247. The number of hydrogen-bond acceptors (Lipinski definition) is 1. The standard InChI is InChI=1S/C6H13ClOSi/c1-6(8)4-5-9(2,3)7/h4-5H2,1-3H3. The van der Waals surface area contributed by atoms with Crippen LogP contribution in [0.3, 0.4) is 0 Å². The summed E-state index contributed by atoms with van der Waals surface area (Å²) >= 11 is 5.96. The molecule has 0 aliphatic heterocycles. The molecule has 9 heavy (non-hydrogen) atoms. The summed E-state index contributed by atoms with van der Waals surface area (Å²) in [6, 6.07) is 0.907. The SMILES string of the molecule is CC(=O)CC[Si](C)(C)Cl. The second kappa shape index (κ2) is 3.37. The Kier molecular flexibility index (Phi) is 3.44. The van der Waals surface area contributed by atoms with E-state index in [1.165, 1.54) is 0 Å². The quantitative estimate of drug-likeness (QED) is 0.463. The molecule has 0 unspecified atom stereocenters. The second-order valence-corrected chi connectivity index (χ2v) is 9.93. The third-order valence-corrected chi connectivity index (χ3v) is 3.08. The minimum atomic E-state index is -1.47. The number of halogens is 1. The van der Waals surface area contributed by atoms with Crippen LogP contribution in [0.2, 0.25) is 19.1 Å². The van der Waals surface area contributed by atoms with Gasteiger partial charge in [-0.15, -0.1) is 0 Å². The van der Waals surface area contributed by atoms with Gasteiger partial charge in [-0.25, -0.2) is 0 Å². The average Bonchev–Trinajstić information content (AvgIpc) is 1.59. The van der Waals surface area contributed by atoms with Gasteiger partial charge in [0, 0.05) is 6.42 Å². The predicted octanol–water partition coefficient (Wildman–Crippen LogP) is 2.41. The van der Waals surface area contributed by atoms with Gasteiger partial charge in [-0.3, -0.25) is 0 Å². The smallest absolute Gasteiger partial charge is 0.150 e. The first-order valence-electron chi connectivity index (χ1n) is 3.10. The van der Waals surface area contributed by atoms with Gasteiger partial charge < -0.3 is 4.79 Å². The molecule has 0 bridgehead atoms. The molecule has 0 rings (SSSR count). The first kappa shape index (κ1) is 9.18. The van der Waals surface area contributed by atoms with Gasteiger partial charge in [0.2, 0.25) is 0 Å². The normalized spacial score (nSPS) is 11.6. The highest BCUT2D eigenvalue weighted by Crippen LogP contribution is 2.15. The van der Waals surface area contributed by atoms with Gasteiger partial charge in [0.15, 0.2) is 7.38 Å². The number of carbonyl (C=O) groups excluding carboxylic acids is 1. The summed E-state index contributed by atoms with van der Waals surface area (Å²) in [4.78, 5) is 10.5. The van der Waals surface area contributed by atoms with E-state index in [0.717, 1.165) is 6.04 Å². The molecular weight excluding hydrogens is 152 g/mol. The van der Waals surface area contributed by atoms with Crippen LogP contribution in [0.5, 0.6) is 0 Å². The van der Waals surface area contributed by atoms with E-state index in [1.807, 2.05) is 0 Å². The van der Waals surface area contributed by atoms with Crippen molar-refractivity contribution >= 4 is 24.2 Å². The Hall–Kier alpha value is 0.177. The molecule has 0 radical (unpaired) electrons. The van der Waals surface area contributed by atoms with E-state index in [4.69, 9.17) is 11.1 Å².